The minimum atomic E-state index is -0.117. The van der Waals surface area contributed by atoms with Crippen molar-refractivity contribution in [1.82, 2.24) is 15.0 Å². The fourth-order valence-electron chi connectivity index (χ4n) is 2.68. The van der Waals surface area contributed by atoms with Gasteiger partial charge in [0.25, 0.3) is 5.91 Å². The molecule has 3 heterocycles. The number of likely N-dealkylation sites (tertiary alicyclic amines) is 1. The van der Waals surface area contributed by atoms with Crippen molar-refractivity contribution in [2.75, 3.05) is 18.4 Å². The van der Waals surface area contributed by atoms with E-state index in [0.29, 0.717) is 43.1 Å². The molecule has 0 radical (unpaired) electrons. The van der Waals surface area contributed by atoms with Crippen LogP contribution in [0.3, 0.4) is 0 Å². The van der Waals surface area contributed by atoms with Crippen molar-refractivity contribution in [2.45, 2.75) is 19.8 Å². The quantitative estimate of drug-likeness (QED) is 0.934. The lowest BCUT2D eigenvalue weighted by Gasteiger charge is -2.31. The maximum absolute atomic E-state index is 12.3. The van der Waals surface area contributed by atoms with Gasteiger partial charge in [-0.3, -0.25) is 14.6 Å². The van der Waals surface area contributed by atoms with E-state index in [1.54, 1.807) is 42.4 Å². The molecule has 1 N–H and O–H groups in total. The molecule has 7 heteroatoms. The molecule has 0 aromatic carbocycles. The number of anilines is 1. The van der Waals surface area contributed by atoms with Gasteiger partial charge in [-0.05, 0) is 31.9 Å². The third-order valence-corrected chi connectivity index (χ3v) is 3.96. The number of pyridine rings is 1. The second kappa shape index (κ2) is 6.60. The zero-order chi connectivity index (χ0) is 16.2. The Balaban J connectivity index is 1.54. The summed E-state index contributed by atoms with van der Waals surface area (Å²) >= 11 is 0. The molecule has 1 aliphatic heterocycles. The number of nitrogens with one attached hydrogen (secondary N) is 1. The van der Waals surface area contributed by atoms with E-state index in [2.05, 4.69) is 15.5 Å². The first-order valence-electron chi connectivity index (χ1n) is 7.57. The Morgan fingerprint density at radius 2 is 1.96 bits per heavy atom. The molecular weight excluding hydrogens is 296 g/mol. The fraction of sp³-hybridized carbons (Fsp3) is 0.375. The molecule has 120 valence electrons. The van der Waals surface area contributed by atoms with Crippen LogP contribution in [0.2, 0.25) is 0 Å². The Hall–Kier alpha value is -2.70. The van der Waals surface area contributed by atoms with E-state index in [4.69, 9.17) is 4.52 Å². The molecule has 0 aliphatic carbocycles. The highest BCUT2D eigenvalue weighted by Gasteiger charge is 2.28. The van der Waals surface area contributed by atoms with Crippen molar-refractivity contribution in [3.8, 4) is 0 Å². The van der Waals surface area contributed by atoms with E-state index in [1.807, 2.05) is 0 Å². The minimum Gasteiger partial charge on any atom is -0.360 e. The lowest BCUT2D eigenvalue weighted by atomic mass is 9.95. The first kappa shape index (κ1) is 15.2. The first-order valence-corrected chi connectivity index (χ1v) is 7.57. The zero-order valence-electron chi connectivity index (χ0n) is 12.9. The molecule has 1 aliphatic rings. The van der Waals surface area contributed by atoms with Crippen molar-refractivity contribution in [3.63, 3.8) is 0 Å². The van der Waals surface area contributed by atoms with E-state index >= 15 is 0 Å². The Bertz CT molecular complexity index is 690. The van der Waals surface area contributed by atoms with Gasteiger partial charge in [0, 0.05) is 43.0 Å². The van der Waals surface area contributed by atoms with Gasteiger partial charge in [0.1, 0.15) is 5.76 Å². The predicted octanol–water partition coefficient (Wildman–Crippen LogP) is 1.87. The van der Waals surface area contributed by atoms with Crippen LogP contribution in [0.1, 0.15) is 29.0 Å². The summed E-state index contributed by atoms with van der Waals surface area (Å²) in [5, 5.41) is 6.51. The number of carbonyl (C=O) groups is 2. The summed E-state index contributed by atoms with van der Waals surface area (Å²) in [6.45, 7) is 2.90. The molecule has 7 nitrogen and oxygen atoms in total. The summed E-state index contributed by atoms with van der Waals surface area (Å²) in [6, 6.07) is 5.09. The number of hydrogen-bond acceptors (Lipinski definition) is 5. The van der Waals surface area contributed by atoms with E-state index in [9.17, 15) is 9.59 Å². The van der Waals surface area contributed by atoms with Crippen molar-refractivity contribution < 1.29 is 14.1 Å². The van der Waals surface area contributed by atoms with Gasteiger partial charge < -0.3 is 14.7 Å². The third kappa shape index (κ3) is 3.56. The number of nitrogens with zero attached hydrogens (tertiary/aromatic N) is 3. The predicted molar refractivity (Wildman–Crippen MR) is 82.7 cm³/mol. The highest BCUT2D eigenvalue weighted by Crippen LogP contribution is 2.21. The molecule has 23 heavy (non-hydrogen) atoms. The smallest absolute Gasteiger partial charge is 0.253 e. The van der Waals surface area contributed by atoms with Gasteiger partial charge in [-0.15, -0.1) is 0 Å². The SMILES string of the molecule is Cc1cc(NC(=O)C2CCN(C(=O)c3ccncc3)CC2)no1. The van der Waals surface area contributed by atoms with Gasteiger partial charge in [0.2, 0.25) is 5.91 Å². The molecule has 1 fully saturated rings. The number of piperidine rings is 1. The molecule has 2 aromatic heterocycles. The van der Waals surface area contributed by atoms with Crippen LogP contribution in [0.4, 0.5) is 5.82 Å². The average Bonchev–Trinajstić information content (AvgIpc) is 3.00. The monoisotopic (exact) mass is 314 g/mol. The molecule has 2 aromatic rings. The van der Waals surface area contributed by atoms with Crippen LogP contribution in [0.15, 0.2) is 35.1 Å². The van der Waals surface area contributed by atoms with E-state index in [1.165, 1.54) is 0 Å². The van der Waals surface area contributed by atoms with E-state index in [-0.39, 0.29) is 17.7 Å². The highest BCUT2D eigenvalue weighted by molar-refractivity contribution is 5.95. The largest absolute Gasteiger partial charge is 0.360 e. The van der Waals surface area contributed by atoms with E-state index < -0.39 is 0 Å². The summed E-state index contributed by atoms with van der Waals surface area (Å²) in [7, 11) is 0. The third-order valence-electron chi connectivity index (χ3n) is 3.96. The molecule has 3 rings (SSSR count). The van der Waals surface area contributed by atoms with Gasteiger partial charge in [0.15, 0.2) is 5.82 Å². The van der Waals surface area contributed by atoms with Gasteiger partial charge >= 0.3 is 0 Å². The van der Waals surface area contributed by atoms with Gasteiger partial charge in [-0.2, -0.15) is 0 Å². The summed E-state index contributed by atoms with van der Waals surface area (Å²) in [6.07, 6.45) is 4.49. The standard InChI is InChI=1S/C16H18N4O3/c1-11-10-14(19-23-11)18-15(21)12-4-8-20(9-5-12)16(22)13-2-6-17-7-3-13/h2-3,6-7,10,12H,4-5,8-9H2,1H3,(H,18,19,21). The first-order chi connectivity index (χ1) is 11.1. The number of amides is 2. The van der Waals surface area contributed by atoms with Crippen LogP contribution in [-0.2, 0) is 4.79 Å². The topological polar surface area (TPSA) is 88.3 Å². The molecule has 0 spiro atoms. The average molecular weight is 314 g/mol. The Morgan fingerprint density at radius 1 is 1.26 bits per heavy atom. The summed E-state index contributed by atoms with van der Waals surface area (Å²) in [5.41, 5.74) is 0.626. The number of carbonyl (C=O) groups excluding carboxylic acids is 2. The van der Waals surface area contributed by atoms with Crippen LogP contribution in [-0.4, -0.2) is 39.9 Å². The maximum atomic E-state index is 12.3. The fourth-order valence-corrected chi connectivity index (χ4v) is 2.68. The van der Waals surface area contributed by atoms with Crippen LogP contribution >= 0.6 is 0 Å². The van der Waals surface area contributed by atoms with Crippen molar-refractivity contribution in [3.05, 3.63) is 41.9 Å². The summed E-state index contributed by atoms with van der Waals surface area (Å²) in [4.78, 5) is 30.3. The molecule has 0 atom stereocenters. The van der Waals surface area contributed by atoms with Gasteiger partial charge in [-0.1, -0.05) is 5.16 Å². The molecule has 1 saturated heterocycles. The second-order valence-corrected chi connectivity index (χ2v) is 5.61. The number of aromatic nitrogens is 2. The Morgan fingerprint density at radius 3 is 2.57 bits per heavy atom. The van der Waals surface area contributed by atoms with Crippen LogP contribution in [0.25, 0.3) is 0 Å². The number of hydrogen-bond donors (Lipinski definition) is 1. The molecule has 2 amide bonds. The van der Waals surface area contributed by atoms with Crippen molar-refractivity contribution >= 4 is 17.6 Å². The lowest BCUT2D eigenvalue weighted by molar-refractivity contribution is -0.121. The van der Waals surface area contributed by atoms with Gasteiger partial charge in [0.05, 0.1) is 0 Å². The Labute approximate surface area is 133 Å². The number of rotatable bonds is 3. The van der Waals surface area contributed by atoms with Crippen LogP contribution < -0.4 is 5.32 Å². The lowest BCUT2D eigenvalue weighted by Crippen LogP contribution is -2.41. The van der Waals surface area contributed by atoms with Crippen molar-refractivity contribution in [1.29, 1.82) is 0 Å². The van der Waals surface area contributed by atoms with Crippen LogP contribution in [0.5, 0.6) is 0 Å². The Kier molecular flexibility index (Phi) is 4.36. The summed E-state index contributed by atoms with van der Waals surface area (Å²) in [5.74, 6) is 0.877. The molecule has 0 saturated carbocycles. The molecular formula is C16H18N4O3. The number of aryl methyl sites for hydroxylation is 1. The summed E-state index contributed by atoms with van der Waals surface area (Å²) < 4.78 is 4.93. The minimum absolute atomic E-state index is 0.0154. The molecule has 0 bridgehead atoms. The highest BCUT2D eigenvalue weighted by atomic mass is 16.5. The molecule has 0 unspecified atom stereocenters. The van der Waals surface area contributed by atoms with E-state index in [0.717, 1.165) is 0 Å². The maximum Gasteiger partial charge on any atom is 0.253 e. The van der Waals surface area contributed by atoms with Crippen LogP contribution in [0, 0.1) is 12.8 Å². The second-order valence-electron chi connectivity index (χ2n) is 5.61. The zero-order valence-corrected chi connectivity index (χ0v) is 12.9. The van der Waals surface area contributed by atoms with Gasteiger partial charge in [-0.25, -0.2) is 0 Å². The van der Waals surface area contributed by atoms with Crippen molar-refractivity contribution in [2.24, 2.45) is 5.92 Å². The normalized spacial score (nSPS) is 15.4.